The SMILES string of the molecule is Cc1ccnc(NC(C)(CN)CC(C)C)c1[N+](=O)[O-]. The Hall–Kier alpha value is -1.69. The number of nitrogens with two attached hydrogens (primary N) is 1. The maximum absolute atomic E-state index is 11.1. The number of nitrogens with zero attached hydrogens (tertiary/aromatic N) is 2. The first-order valence-corrected chi connectivity index (χ1v) is 6.37. The van der Waals surface area contributed by atoms with Crippen LogP contribution in [0, 0.1) is 23.0 Å². The van der Waals surface area contributed by atoms with Gasteiger partial charge in [0, 0.05) is 23.8 Å². The van der Waals surface area contributed by atoms with E-state index in [1.807, 2.05) is 6.92 Å². The molecular formula is C13H22N4O2. The van der Waals surface area contributed by atoms with E-state index in [0.29, 0.717) is 23.8 Å². The van der Waals surface area contributed by atoms with Gasteiger partial charge in [-0.25, -0.2) is 4.98 Å². The van der Waals surface area contributed by atoms with E-state index in [-0.39, 0.29) is 5.69 Å². The molecule has 106 valence electrons. The van der Waals surface area contributed by atoms with Gasteiger partial charge in [-0.05, 0) is 32.3 Å². The third kappa shape index (κ3) is 3.89. The number of anilines is 1. The van der Waals surface area contributed by atoms with E-state index in [1.54, 1.807) is 19.2 Å². The molecule has 1 rings (SSSR count). The highest BCUT2D eigenvalue weighted by atomic mass is 16.6. The van der Waals surface area contributed by atoms with Gasteiger partial charge in [-0.2, -0.15) is 0 Å². The van der Waals surface area contributed by atoms with E-state index in [0.717, 1.165) is 6.42 Å². The molecule has 6 nitrogen and oxygen atoms in total. The maximum atomic E-state index is 11.1. The number of hydrogen-bond acceptors (Lipinski definition) is 5. The second-order valence-electron chi connectivity index (χ2n) is 5.57. The van der Waals surface area contributed by atoms with E-state index in [1.165, 1.54) is 0 Å². The van der Waals surface area contributed by atoms with Crippen molar-refractivity contribution in [2.75, 3.05) is 11.9 Å². The Morgan fingerprint density at radius 3 is 2.68 bits per heavy atom. The van der Waals surface area contributed by atoms with Crippen LogP contribution >= 0.6 is 0 Å². The van der Waals surface area contributed by atoms with E-state index in [4.69, 9.17) is 5.73 Å². The Bertz CT molecular complexity index is 462. The summed E-state index contributed by atoms with van der Waals surface area (Å²) in [5, 5.41) is 14.3. The first-order chi connectivity index (χ1) is 8.79. The second kappa shape index (κ2) is 5.97. The summed E-state index contributed by atoms with van der Waals surface area (Å²) in [6, 6.07) is 1.63. The van der Waals surface area contributed by atoms with Crippen LogP contribution in [0.5, 0.6) is 0 Å². The van der Waals surface area contributed by atoms with Gasteiger partial charge in [-0.15, -0.1) is 0 Å². The van der Waals surface area contributed by atoms with Crippen LogP contribution in [0.1, 0.15) is 32.8 Å². The monoisotopic (exact) mass is 266 g/mol. The third-order valence-electron chi connectivity index (χ3n) is 3.04. The quantitative estimate of drug-likeness (QED) is 0.609. The Morgan fingerprint density at radius 1 is 1.58 bits per heavy atom. The summed E-state index contributed by atoms with van der Waals surface area (Å²) < 4.78 is 0. The first-order valence-electron chi connectivity index (χ1n) is 6.37. The molecule has 3 N–H and O–H groups in total. The van der Waals surface area contributed by atoms with E-state index < -0.39 is 10.5 Å². The van der Waals surface area contributed by atoms with Crippen LogP contribution in [-0.4, -0.2) is 22.0 Å². The van der Waals surface area contributed by atoms with Gasteiger partial charge in [0.15, 0.2) is 0 Å². The Labute approximate surface area is 113 Å². The Kier molecular flexibility index (Phi) is 4.83. The van der Waals surface area contributed by atoms with Gasteiger partial charge in [-0.1, -0.05) is 13.8 Å². The number of hydrogen-bond donors (Lipinski definition) is 2. The number of pyridine rings is 1. The normalized spacial score (nSPS) is 14.2. The van der Waals surface area contributed by atoms with Crippen molar-refractivity contribution >= 4 is 11.5 Å². The van der Waals surface area contributed by atoms with Crippen LogP contribution in [-0.2, 0) is 0 Å². The number of aryl methyl sites for hydroxylation is 1. The lowest BCUT2D eigenvalue weighted by molar-refractivity contribution is -0.384. The Balaban J connectivity index is 3.10. The smallest absolute Gasteiger partial charge is 0.314 e. The lowest BCUT2D eigenvalue weighted by atomic mass is 9.90. The molecule has 0 amide bonds. The Morgan fingerprint density at radius 2 is 2.21 bits per heavy atom. The zero-order chi connectivity index (χ0) is 14.6. The molecule has 0 spiro atoms. The molecule has 6 heteroatoms. The van der Waals surface area contributed by atoms with E-state index in [2.05, 4.69) is 24.1 Å². The fraction of sp³-hybridized carbons (Fsp3) is 0.615. The molecule has 0 saturated carbocycles. The zero-order valence-electron chi connectivity index (χ0n) is 11.9. The molecule has 0 aliphatic heterocycles. The van der Waals surface area contributed by atoms with E-state index in [9.17, 15) is 10.1 Å². The van der Waals surface area contributed by atoms with Crippen LogP contribution in [0.25, 0.3) is 0 Å². The highest BCUT2D eigenvalue weighted by Gasteiger charge is 2.28. The minimum absolute atomic E-state index is 0.0194. The lowest BCUT2D eigenvalue weighted by Gasteiger charge is -2.31. The van der Waals surface area contributed by atoms with Crippen molar-refractivity contribution in [1.29, 1.82) is 0 Å². The molecule has 0 aliphatic rings. The van der Waals surface area contributed by atoms with Crippen molar-refractivity contribution in [1.82, 2.24) is 4.98 Å². The van der Waals surface area contributed by atoms with Gasteiger partial charge < -0.3 is 11.1 Å². The van der Waals surface area contributed by atoms with Gasteiger partial charge in [0.1, 0.15) is 0 Å². The molecule has 1 unspecified atom stereocenters. The highest BCUT2D eigenvalue weighted by Crippen LogP contribution is 2.29. The van der Waals surface area contributed by atoms with Crippen molar-refractivity contribution < 1.29 is 4.92 Å². The van der Waals surface area contributed by atoms with Crippen molar-refractivity contribution in [3.8, 4) is 0 Å². The highest BCUT2D eigenvalue weighted by molar-refractivity contribution is 5.60. The fourth-order valence-corrected chi connectivity index (χ4v) is 2.24. The standard InChI is InChI=1S/C13H22N4O2/c1-9(2)7-13(4,8-14)16-12-11(17(18)19)10(3)5-6-15-12/h5-6,9H,7-8,14H2,1-4H3,(H,15,16). The van der Waals surface area contributed by atoms with Crippen molar-refractivity contribution in [2.45, 2.75) is 39.7 Å². The molecular weight excluding hydrogens is 244 g/mol. The zero-order valence-corrected chi connectivity index (χ0v) is 11.9. The molecule has 0 fully saturated rings. The first kappa shape index (κ1) is 15.4. The maximum Gasteiger partial charge on any atom is 0.314 e. The number of aromatic nitrogens is 1. The average molecular weight is 266 g/mol. The molecule has 0 aliphatic carbocycles. The van der Waals surface area contributed by atoms with Gasteiger partial charge >= 0.3 is 5.69 Å². The molecule has 1 aromatic heterocycles. The van der Waals surface area contributed by atoms with Crippen molar-refractivity contribution in [3.05, 3.63) is 27.9 Å². The fourth-order valence-electron chi connectivity index (χ4n) is 2.24. The summed E-state index contributed by atoms with van der Waals surface area (Å²) in [4.78, 5) is 14.8. The minimum atomic E-state index is -0.406. The van der Waals surface area contributed by atoms with Gasteiger partial charge in [0.25, 0.3) is 0 Å². The predicted molar refractivity (Wildman–Crippen MR) is 76.2 cm³/mol. The number of rotatable bonds is 6. The molecule has 0 aromatic carbocycles. The summed E-state index contributed by atoms with van der Waals surface area (Å²) in [5.74, 6) is 0.725. The average Bonchev–Trinajstić information content (AvgIpc) is 2.27. The summed E-state index contributed by atoms with van der Waals surface area (Å²) in [7, 11) is 0. The third-order valence-corrected chi connectivity index (χ3v) is 3.04. The molecule has 1 heterocycles. The summed E-state index contributed by atoms with van der Waals surface area (Å²) >= 11 is 0. The summed E-state index contributed by atoms with van der Waals surface area (Å²) in [6.07, 6.45) is 2.38. The number of nitrogens with one attached hydrogen (secondary N) is 1. The van der Waals surface area contributed by atoms with Gasteiger partial charge in [0.2, 0.25) is 5.82 Å². The second-order valence-corrected chi connectivity index (χ2v) is 5.57. The van der Waals surface area contributed by atoms with E-state index >= 15 is 0 Å². The number of nitro groups is 1. The minimum Gasteiger partial charge on any atom is -0.358 e. The summed E-state index contributed by atoms with van der Waals surface area (Å²) in [6.45, 7) is 8.23. The molecule has 0 saturated heterocycles. The molecule has 19 heavy (non-hydrogen) atoms. The molecule has 0 bridgehead atoms. The van der Waals surface area contributed by atoms with Crippen LogP contribution in [0.4, 0.5) is 11.5 Å². The van der Waals surface area contributed by atoms with Crippen LogP contribution in [0.3, 0.4) is 0 Å². The topological polar surface area (TPSA) is 94.1 Å². The molecule has 0 radical (unpaired) electrons. The van der Waals surface area contributed by atoms with Crippen LogP contribution in [0.2, 0.25) is 0 Å². The van der Waals surface area contributed by atoms with Crippen LogP contribution in [0.15, 0.2) is 12.3 Å². The largest absolute Gasteiger partial charge is 0.358 e. The predicted octanol–water partition coefficient (Wildman–Crippen LogP) is 2.47. The van der Waals surface area contributed by atoms with Gasteiger partial charge in [0.05, 0.1) is 4.92 Å². The molecule has 1 atom stereocenters. The van der Waals surface area contributed by atoms with Crippen LogP contribution < -0.4 is 11.1 Å². The van der Waals surface area contributed by atoms with Crippen molar-refractivity contribution in [3.63, 3.8) is 0 Å². The lowest BCUT2D eigenvalue weighted by Crippen LogP contribution is -2.44. The summed E-state index contributed by atoms with van der Waals surface area (Å²) in [5.41, 5.74) is 6.01. The van der Waals surface area contributed by atoms with Gasteiger partial charge in [-0.3, -0.25) is 10.1 Å². The molecule has 1 aromatic rings. The van der Waals surface area contributed by atoms with Crippen molar-refractivity contribution in [2.24, 2.45) is 11.7 Å².